The minimum Gasteiger partial charge on any atom is -1.00 e. The van der Waals surface area contributed by atoms with Crippen LogP contribution in [0.3, 0.4) is 0 Å². The standard InChI is InChI=1S/C16H21SSi.2ClH.Ti/c1-13(2)17-15-11-7-8-12-16(15)18(3,4)14-9-5-6-10-14;;;/h5,7-9,11-13H,6H2,1-4H3;2*1H;/q;;;+2/p-2. The first-order valence-electron chi connectivity index (χ1n) is 6.81. The third kappa shape index (κ3) is 5.02. The first-order chi connectivity index (χ1) is 8.93. The van der Waals surface area contributed by atoms with Crippen molar-refractivity contribution in [2.75, 3.05) is 0 Å². The van der Waals surface area contributed by atoms with Crippen molar-refractivity contribution >= 4 is 25.0 Å². The van der Waals surface area contributed by atoms with E-state index < -0.39 is 8.07 Å². The average Bonchev–Trinajstić information content (AvgIpc) is 2.76. The van der Waals surface area contributed by atoms with E-state index in [2.05, 4.69) is 83.8 Å². The maximum absolute atomic E-state index is 2.49. The van der Waals surface area contributed by atoms with Gasteiger partial charge < -0.3 is 24.8 Å². The van der Waals surface area contributed by atoms with E-state index in [0.29, 0.717) is 5.25 Å². The summed E-state index contributed by atoms with van der Waals surface area (Å²) in [5.74, 6) is 0. The van der Waals surface area contributed by atoms with E-state index in [1.54, 1.807) is 14.3 Å². The van der Waals surface area contributed by atoms with Crippen LogP contribution in [0.15, 0.2) is 50.4 Å². The Kier molecular flexibility index (Phi) is 9.24. The van der Waals surface area contributed by atoms with E-state index in [9.17, 15) is 0 Å². The maximum atomic E-state index is 2.49. The Morgan fingerprint density at radius 2 is 1.76 bits per heavy atom. The van der Waals surface area contributed by atoms with Gasteiger partial charge in [-0.2, -0.15) is 0 Å². The van der Waals surface area contributed by atoms with Crippen molar-refractivity contribution in [2.45, 2.75) is 43.5 Å². The third-order valence-corrected chi connectivity index (χ3v) is 9.52. The Bertz CT molecular complexity index is 539. The second kappa shape index (κ2) is 9.00. The zero-order valence-electron chi connectivity index (χ0n) is 12.9. The molecule has 0 N–H and O–H groups in total. The Labute approximate surface area is 158 Å². The molecule has 0 unspecified atom stereocenters. The van der Waals surface area contributed by atoms with E-state index in [0.717, 1.165) is 6.42 Å². The number of rotatable bonds is 4. The summed E-state index contributed by atoms with van der Waals surface area (Å²) < 4.78 is 1.57. The molecule has 5 heteroatoms. The second-order valence-corrected chi connectivity index (χ2v) is 12.7. The molecule has 1 aromatic carbocycles. The Hall–Kier alpha value is 0.561. The Balaban J connectivity index is 0.00000200. The van der Waals surface area contributed by atoms with Crippen LogP contribution >= 0.6 is 11.8 Å². The molecule has 0 aromatic heterocycles. The third-order valence-electron chi connectivity index (χ3n) is 3.53. The van der Waals surface area contributed by atoms with Crippen LogP contribution in [0, 0.1) is 0 Å². The van der Waals surface area contributed by atoms with E-state index in [4.69, 9.17) is 0 Å². The van der Waals surface area contributed by atoms with Gasteiger partial charge >= 0.3 is 134 Å². The van der Waals surface area contributed by atoms with Crippen molar-refractivity contribution in [2.24, 2.45) is 0 Å². The van der Waals surface area contributed by atoms with Crippen molar-refractivity contribution in [1.29, 1.82) is 0 Å². The molecule has 0 saturated carbocycles. The number of allylic oxidation sites excluding steroid dienone is 4. The van der Waals surface area contributed by atoms with E-state index in [1.165, 1.54) is 4.90 Å². The van der Waals surface area contributed by atoms with Crippen molar-refractivity contribution in [3.8, 4) is 0 Å². The van der Waals surface area contributed by atoms with Crippen LogP contribution in [0.2, 0.25) is 13.1 Å². The summed E-state index contributed by atoms with van der Waals surface area (Å²) in [6, 6.07) is 9.01. The van der Waals surface area contributed by atoms with Gasteiger partial charge in [-0.1, -0.05) is 0 Å². The average molecular weight is 392 g/mol. The fourth-order valence-corrected chi connectivity index (χ4v) is 9.05. The molecule has 0 nitrogen and oxygen atoms in total. The molecule has 0 fully saturated rings. The smallest absolute Gasteiger partial charge is 1.00 e. The van der Waals surface area contributed by atoms with Crippen LogP contribution in [0.1, 0.15) is 20.3 Å². The van der Waals surface area contributed by atoms with Crippen molar-refractivity contribution in [3.05, 3.63) is 45.5 Å². The number of hydrogen-bond acceptors (Lipinski definition) is 1. The van der Waals surface area contributed by atoms with Gasteiger partial charge in [-0.25, -0.2) is 0 Å². The molecule has 0 bridgehead atoms. The minimum absolute atomic E-state index is 0. The molecule has 0 atom stereocenters. The molecule has 1 aliphatic carbocycles. The van der Waals surface area contributed by atoms with E-state index in [1.807, 2.05) is 11.8 Å². The topological polar surface area (TPSA) is 0 Å². The molecule has 0 heterocycles. The van der Waals surface area contributed by atoms with Gasteiger partial charge in [0.05, 0.1) is 0 Å². The fraction of sp³-hybridized carbons (Fsp3) is 0.375. The number of thioether (sulfide) groups is 1. The molecule has 0 spiro atoms. The largest absolute Gasteiger partial charge is 1.00 e. The Morgan fingerprint density at radius 3 is 2.29 bits per heavy atom. The molecule has 1 aliphatic rings. The van der Waals surface area contributed by atoms with Gasteiger partial charge in [0.25, 0.3) is 0 Å². The van der Waals surface area contributed by atoms with Gasteiger partial charge in [0.1, 0.15) is 0 Å². The zero-order chi connectivity index (χ0) is 14.0. The molecule has 113 valence electrons. The molecule has 2 rings (SSSR count). The quantitative estimate of drug-likeness (QED) is 0.440. The maximum Gasteiger partial charge on any atom is -1.00 e. The summed E-state index contributed by atoms with van der Waals surface area (Å²) in [7, 11) is -1.55. The predicted octanol–water partition coefficient (Wildman–Crippen LogP) is -1.59. The van der Waals surface area contributed by atoms with Crippen molar-refractivity contribution < 1.29 is 45.2 Å². The molecule has 0 amide bonds. The van der Waals surface area contributed by atoms with Gasteiger partial charge in [-0.3, -0.25) is 0 Å². The summed E-state index contributed by atoms with van der Waals surface area (Å²) in [4.78, 5) is 1.48. The number of hydrogen-bond donors (Lipinski definition) is 0. The van der Waals surface area contributed by atoms with Gasteiger partial charge in [0.2, 0.25) is 0 Å². The van der Waals surface area contributed by atoms with Crippen molar-refractivity contribution in [3.63, 3.8) is 0 Å². The predicted molar refractivity (Wildman–Crippen MR) is 85.3 cm³/mol. The minimum atomic E-state index is -1.55. The fourth-order valence-electron chi connectivity index (χ4n) is 2.58. The molecule has 21 heavy (non-hydrogen) atoms. The molecular weight excluding hydrogens is 371 g/mol. The number of benzene rings is 1. The van der Waals surface area contributed by atoms with Gasteiger partial charge in [-0.15, -0.1) is 0 Å². The van der Waals surface area contributed by atoms with Crippen LogP contribution in [0.5, 0.6) is 0 Å². The summed E-state index contributed by atoms with van der Waals surface area (Å²) in [6.07, 6.45) is 5.83. The molecule has 0 radical (unpaired) electrons. The normalized spacial score (nSPS) is 14.2. The van der Waals surface area contributed by atoms with Crippen LogP contribution in [-0.4, -0.2) is 13.3 Å². The van der Waals surface area contributed by atoms with Crippen LogP contribution in [0.4, 0.5) is 0 Å². The van der Waals surface area contributed by atoms with Gasteiger partial charge in [0.15, 0.2) is 0 Å². The molecular formula is C16H21Cl2SSiTi. The van der Waals surface area contributed by atoms with Gasteiger partial charge in [0, 0.05) is 0 Å². The van der Waals surface area contributed by atoms with Crippen LogP contribution < -0.4 is 30.0 Å². The summed E-state index contributed by atoms with van der Waals surface area (Å²) >= 11 is 4.29. The Morgan fingerprint density at radius 1 is 1.14 bits per heavy atom. The molecule has 1 aromatic rings. The van der Waals surface area contributed by atoms with Crippen molar-refractivity contribution in [1.82, 2.24) is 0 Å². The van der Waals surface area contributed by atoms with Crippen LogP contribution in [-0.2, 0) is 20.4 Å². The van der Waals surface area contributed by atoms with E-state index in [-0.39, 0.29) is 24.8 Å². The molecule has 0 aliphatic heterocycles. The van der Waals surface area contributed by atoms with Gasteiger partial charge in [-0.05, 0) is 0 Å². The van der Waals surface area contributed by atoms with Crippen LogP contribution in [0.25, 0.3) is 0 Å². The first-order valence-corrected chi connectivity index (χ1v) is 11.5. The summed E-state index contributed by atoms with van der Waals surface area (Å²) in [6.45, 7) is 9.52. The zero-order valence-corrected chi connectivity index (χ0v) is 17.8. The van der Waals surface area contributed by atoms with E-state index >= 15 is 0 Å². The SMILES string of the molecule is CC(C)Sc1ccccc1[Si](C)(C)C1=[C]([Ti+2])CC=C1.[Cl-].[Cl-]. The summed E-state index contributed by atoms with van der Waals surface area (Å²) in [5, 5.41) is 3.86. The second-order valence-electron chi connectivity index (χ2n) is 5.79. The monoisotopic (exact) mass is 391 g/mol. The first kappa shape index (κ1) is 21.6. The number of halogens is 2. The molecule has 0 saturated heterocycles. The summed E-state index contributed by atoms with van der Waals surface area (Å²) in [5.41, 5.74) is 0.